The van der Waals surface area contributed by atoms with E-state index in [0.29, 0.717) is 32.7 Å². The third-order valence-corrected chi connectivity index (χ3v) is 5.39. The molecule has 1 aromatic carbocycles. The summed E-state index contributed by atoms with van der Waals surface area (Å²) in [6.07, 6.45) is 2.40. The van der Waals surface area contributed by atoms with Crippen molar-refractivity contribution in [3.8, 4) is 11.3 Å². The first kappa shape index (κ1) is 21.6. The lowest BCUT2D eigenvalue weighted by atomic mass is 9.87. The van der Waals surface area contributed by atoms with Crippen LogP contribution in [0, 0.1) is 0 Å². The van der Waals surface area contributed by atoms with Crippen molar-refractivity contribution in [2.24, 2.45) is 0 Å². The van der Waals surface area contributed by atoms with Crippen molar-refractivity contribution >= 4 is 29.2 Å². The summed E-state index contributed by atoms with van der Waals surface area (Å²) < 4.78 is 22.5. The maximum atomic E-state index is 11.8. The standard InChI is InChI=1S/C21H20Cl2O6/c1-26-19-16(14(20(24)25)8-9-21(19,27-2)28-3)11-13-5-7-18(29-13)15-6-4-12(22)10-17(15)23/h4-10,19H,11H2,1-3H3,(H,24,25). The first-order valence-electron chi connectivity index (χ1n) is 8.68. The molecule has 1 unspecified atom stereocenters. The van der Waals surface area contributed by atoms with Crippen molar-refractivity contribution in [3.63, 3.8) is 0 Å². The summed E-state index contributed by atoms with van der Waals surface area (Å²) in [6, 6.07) is 8.64. The van der Waals surface area contributed by atoms with Gasteiger partial charge in [0.2, 0.25) is 5.79 Å². The summed E-state index contributed by atoms with van der Waals surface area (Å²) in [6.45, 7) is 0. The molecule has 0 saturated heterocycles. The number of furan rings is 1. The highest BCUT2D eigenvalue weighted by Gasteiger charge is 2.44. The van der Waals surface area contributed by atoms with Crippen LogP contribution in [0.2, 0.25) is 10.0 Å². The lowest BCUT2D eigenvalue weighted by Gasteiger charge is -2.38. The number of rotatable bonds is 7. The molecule has 0 saturated carbocycles. The molecule has 1 aliphatic rings. The molecule has 1 heterocycles. The lowest BCUT2D eigenvalue weighted by Crippen LogP contribution is -2.49. The Morgan fingerprint density at radius 3 is 2.48 bits per heavy atom. The fourth-order valence-electron chi connectivity index (χ4n) is 3.41. The van der Waals surface area contributed by atoms with E-state index in [1.807, 2.05) is 0 Å². The molecule has 1 aliphatic carbocycles. The highest BCUT2D eigenvalue weighted by molar-refractivity contribution is 6.36. The van der Waals surface area contributed by atoms with Crippen LogP contribution in [0.3, 0.4) is 0 Å². The van der Waals surface area contributed by atoms with Crippen LogP contribution in [0.15, 0.2) is 58.0 Å². The molecule has 6 nitrogen and oxygen atoms in total. The first-order chi connectivity index (χ1) is 13.8. The molecule has 0 bridgehead atoms. The zero-order valence-corrected chi connectivity index (χ0v) is 17.6. The highest BCUT2D eigenvalue weighted by Crippen LogP contribution is 2.37. The highest BCUT2D eigenvalue weighted by atomic mass is 35.5. The van der Waals surface area contributed by atoms with Crippen molar-refractivity contribution in [2.45, 2.75) is 18.3 Å². The van der Waals surface area contributed by atoms with Crippen molar-refractivity contribution < 1.29 is 28.5 Å². The molecule has 0 fully saturated rings. The van der Waals surface area contributed by atoms with E-state index in [1.54, 1.807) is 30.3 Å². The SMILES string of the molecule is COC1C(Cc2ccc(-c3ccc(Cl)cc3Cl)o2)=C(C(=O)O)C=CC1(OC)OC. The fourth-order valence-corrected chi connectivity index (χ4v) is 3.91. The van der Waals surface area contributed by atoms with Gasteiger partial charge in [0.05, 0.1) is 10.6 Å². The minimum absolute atomic E-state index is 0.101. The van der Waals surface area contributed by atoms with E-state index < -0.39 is 17.9 Å². The molecule has 8 heteroatoms. The Morgan fingerprint density at radius 2 is 1.90 bits per heavy atom. The normalized spacial score (nSPS) is 18.3. The summed E-state index contributed by atoms with van der Waals surface area (Å²) in [5, 5.41) is 10.6. The zero-order valence-electron chi connectivity index (χ0n) is 16.1. The topological polar surface area (TPSA) is 78.1 Å². The Bertz CT molecular complexity index is 971. The van der Waals surface area contributed by atoms with Crippen molar-refractivity contribution in [2.75, 3.05) is 21.3 Å². The molecule has 1 N–H and O–H groups in total. The quantitative estimate of drug-likeness (QED) is 0.628. The number of carboxylic acids is 1. The molecular weight excluding hydrogens is 419 g/mol. The molecule has 0 amide bonds. The van der Waals surface area contributed by atoms with Gasteiger partial charge in [-0.2, -0.15) is 0 Å². The smallest absolute Gasteiger partial charge is 0.335 e. The fraction of sp³-hybridized carbons (Fsp3) is 0.286. The minimum atomic E-state index is -1.24. The number of hydrogen-bond donors (Lipinski definition) is 1. The largest absolute Gasteiger partial charge is 0.478 e. The van der Waals surface area contributed by atoms with Gasteiger partial charge in [0.15, 0.2) is 0 Å². The number of benzene rings is 1. The summed E-state index contributed by atoms with van der Waals surface area (Å²) >= 11 is 12.2. The van der Waals surface area contributed by atoms with E-state index in [-0.39, 0.29) is 12.0 Å². The van der Waals surface area contributed by atoms with Crippen LogP contribution < -0.4 is 0 Å². The first-order valence-corrected chi connectivity index (χ1v) is 9.43. The average Bonchev–Trinajstić information content (AvgIpc) is 3.15. The number of halogens is 2. The van der Waals surface area contributed by atoms with Crippen LogP contribution in [-0.2, 0) is 25.4 Å². The van der Waals surface area contributed by atoms with Gasteiger partial charge in [-0.15, -0.1) is 0 Å². The second-order valence-electron chi connectivity index (χ2n) is 6.39. The predicted octanol–water partition coefficient (Wildman–Crippen LogP) is 4.75. The maximum absolute atomic E-state index is 11.8. The lowest BCUT2D eigenvalue weighted by molar-refractivity contribution is -0.224. The Labute approximate surface area is 178 Å². The average molecular weight is 439 g/mol. The molecule has 1 aromatic heterocycles. The molecular formula is C21H20Cl2O6. The van der Waals surface area contributed by atoms with E-state index in [0.717, 1.165) is 0 Å². The van der Waals surface area contributed by atoms with Crippen LogP contribution in [0.5, 0.6) is 0 Å². The molecule has 1 atom stereocenters. The molecule has 0 aliphatic heterocycles. The van der Waals surface area contributed by atoms with Crippen molar-refractivity contribution in [3.05, 3.63) is 69.4 Å². The van der Waals surface area contributed by atoms with Gasteiger partial charge in [-0.25, -0.2) is 4.79 Å². The van der Waals surface area contributed by atoms with E-state index >= 15 is 0 Å². The molecule has 3 rings (SSSR count). The molecule has 0 radical (unpaired) electrons. The third kappa shape index (κ3) is 4.13. The zero-order chi connectivity index (χ0) is 21.2. The van der Waals surface area contributed by atoms with Gasteiger partial charge in [0, 0.05) is 38.3 Å². The number of carbonyl (C=O) groups is 1. The molecule has 0 spiro atoms. The predicted molar refractivity (Wildman–Crippen MR) is 109 cm³/mol. The Kier molecular flexibility index (Phi) is 6.51. The summed E-state index contributed by atoms with van der Waals surface area (Å²) in [4.78, 5) is 11.8. The Morgan fingerprint density at radius 1 is 1.17 bits per heavy atom. The van der Waals surface area contributed by atoms with Gasteiger partial charge in [-0.3, -0.25) is 0 Å². The van der Waals surface area contributed by atoms with E-state index in [1.165, 1.54) is 33.5 Å². The summed E-state index contributed by atoms with van der Waals surface area (Å²) in [7, 11) is 4.41. The van der Waals surface area contributed by atoms with Gasteiger partial charge >= 0.3 is 5.97 Å². The minimum Gasteiger partial charge on any atom is -0.478 e. The van der Waals surface area contributed by atoms with Gasteiger partial charge in [-0.05, 0) is 48.1 Å². The summed E-state index contributed by atoms with van der Waals surface area (Å²) in [5.41, 5.74) is 1.25. The van der Waals surface area contributed by atoms with Crippen LogP contribution in [0.1, 0.15) is 5.76 Å². The van der Waals surface area contributed by atoms with E-state index in [9.17, 15) is 9.90 Å². The Hall–Kier alpha value is -2.09. The van der Waals surface area contributed by atoms with Gasteiger partial charge in [0.25, 0.3) is 0 Å². The maximum Gasteiger partial charge on any atom is 0.335 e. The van der Waals surface area contributed by atoms with Crippen molar-refractivity contribution in [1.29, 1.82) is 0 Å². The third-order valence-electron chi connectivity index (χ3n) is 4.84. The van der Waals surface area contributed by atoms with Crippen LogP contribution in [-0.4, -0.2) is 44.3 Å². The number of hydrogen-bond acceptors (Lipinski definition) is 5. The number of ether oxygens (including phenoxy) is 3. The summed E-state index contributed by atoms with van der Waals surface area (Å²) in [5.74, 6) is -1.23. The second-order valence-corrected chi connectivity index (χ2v) is 7.23. The van der Waals surface area contributed by atoms with Crippen LogP contribution >= 0.6 is 23.2 Å². The van der Waals surface area contributed by atoms with Gasteiger partial charge < -0.3 is 23.7 Å². The number of carboxylic acid groups (broad SMARTS) is 1. The second kappa shape index (κ2) is 8.73. The van der Waals surface area contributed by atoms with Gasteiger partial charge in [-0.1, -0.05) is 23.2 Å². The number of methoxy groups -OCH3 is 3. The molecule has 29 heavy (non-hydrogen) atoms. The molecule has 2 aromatic rings. The van der Waals surface area contributed by atoms with E-state index in [2.05, 4.69) is 0 Å². The van der Waals surface area contributed by atoms with Crippen LogP contribution in [0.25, 0.3) is 11.3 Å². The molecule has 154 valence electrons. The van der Waals surface area contributed by atoms with Crippen molar-refractivity contribution in [1.82, 2.24) is 0 Å². The van der Waals surface area contributed by atoms with Crippen LogP contribution in [0.4, 0.5) is 0 Å². The number of aliphatic carboxylic acids is 1. The van der Waals surface area contributed by atoms with E-state index in [4.69, 9.17) is 41.8 Å². The Balaban J connectivity index is 1.99. The van der Waals surface area contributed by atoms with Gasteiger partial charge in [0.1, 0.15) is 17.6 Å². The monoisotopic (exact) mass is 438 g/mol.